The van der Waals surface area contributed by atoms with Crippen LogP contribution >= 0.6 is 15.9 Å². The fourth-order valence-electron chi connectivity index (χ4n) is 0.457. The van der Waals surface area contributed by atoms with Crippen LogP contribution in [-0.4, -0.2) is 10.6 Å². The van der Waals surface area contributed by atoms with Gasteiger partial charge in [-0.2, -0.15) is 0 Å². The highest BCUT2D eigenvalue weighted by molar-refractivity contribution is 9.10. The van der Waals surface area contributed by atoms with E-state index < -0.39 is 0 Å². The van der Waals surface area contributed by atoms with Gasteiger partial charge in [-0.15, -0.1) is 0 Å². The van der Waals surface area contributed by atoms with Gasteiger partial charge in [0.15, 0.2) is 0 Å². The van der Waals surface area contributed by atoms with Gasteiger partial charge in [-0.1, -0.05) is 29.3 Å². The molecule has 0 radical (unpaired) electrons. The van der Waals surface area contributed by atoms with Crippen molar-refractivity contribution in [3.05, 3.63) is 0 Å². The van der Waals surface area contributed by atoms with Crippen molar-refractivity contribution in [1.82, 2.24) is 0 Å². The van der Waals surface area contributed by atoms with Crippen LogP contribution in [0.5, 0.6) is 0 Å². The Morgan fingerprint density at radius 1 is 1.75 bits per heavy atom. The standard InChI is InChI=1S/C6H11BrO/c1-3-4-6(7)5(2)8/h6H,3-4H2,1-2H3/t6-/m1/s1. The second-order valence-corrected chi connectivity index (χ2v) is 2.97. The van der Waals surface area contributed by atoms with Crippen molar-refractivity contribution in [2.24, 2.45) is 0 Å². The summed E-state index contributed by atoms with van der Waals surface area (Å²) in [6, 6.07) is 0. The van der Waals surface area contributed by atoms with Crippen LogP contribution in [0.1, 0.15) is 26.7 Å². The van der Waals surface area contributed by atoms with Gasteiger partial charge in [0.2, 0.25) is 0 Å². The minimum absolute atomic E-state index is 0.0903. The highest BCUT2D eigenvalue weighted by Gasteiger charge is 2.05. The molecule has 0 amide bonds. The number of rotatable bonds is 3. The maximum atomic E-state index is 10.5. The highest BCUT2D eigenvalue weighted by Crippen LogP contribution is 2.07. The van der Waals surface area contributed by atoms with E-state index in [0.29, 0.717) is 0 Å². The Morgan fingerprint density at radius 2 is 2.25 bits per heavy atom. The lowest BCUT2D eigenvalue weighted by atomic mass is 10.2. The zero-order chi connectivity index (χ0) is 6.57. The van der Waals surface area contributed by atoms with Crippen molar-refractivity contribution >= 4 is 21.7 Å². The van der Waals surface area contributed by atoms with Crippen LogP contribution in [0.4, 0.5) is 0 Å². The molecule has 0 unspecified atom stereocenters. The monoisotopic (exact) mass is 178 g/mol. The minimum atomic E-state index is 0.0903. The fourth-order valence-corrected chi connectivity index (χ4v) is 0.915. The second-order valence-electron chi connectivity index (χ2n) is 1.87. The molecule has 8 heavy (non-hydrogen) atoms. The van der Waals surface area contributed by atoms with Crippen molar-refractivity contribution in [2.45, 2.75) is 31.5 Å². The molecule has 0 N–H and O–H groups in total. The summed E-state index contributed by atoms with van der Waals surface area (Å²) in [7, 11) is 0. The lowest BCUT2D eigenvalue weighted by Gasteiger charge is -1.99. The van der Waals surface area contributed by atoms with Gasteiger partial charge in [-0.3, -0.25) is 4.79 Å². The topological polar surface area (TPSA) is 17.1 Å². The van der Waals surface area contributed by atoms with Crippen molar-refractivity contribution in [3.63, 3.8) is 0 Å². The molecule has 0 aliphatic heterocycles. The molecule has 0 aromatic rings. The molecule has 0 aliphatic rings. The third kappa shape index (κ3) is 3.19. The molecule has 0 bridgehead atoms. The molecular formula is C6H11BrO. The first-order chi connectivity index (χ1) is 3.68. The molecule has 0 aromatic heterocycles. The number of carbonyl (C=O) groups is 1. The van der Waals surface area contributed by atoms with E-state index >= 15 is 0 Å². The number of carbonyl (C=O) groups excluding carboxylic acids is 1. The fraction of sp³-hybridized carbons (Fsp3) is 0.833. The van der Waals surface area contributed by atoms with E-state index in [0.717, 1.165) is 12.8 Å². The van der Waals surface area contributed by atoms with Crippen LogP contribution in [0.3, 0.4) is 0 Å². The SMILES string of the molecule is CCC[C@@H](Br)C(C)=O. The molecule has 0 saturated heterocycles. The third-order valence-corrected chi connectivity index (χ3v) is 2.09. The van der Waals surface area contributed by atoms with E-state index in [1.807, 2.05) is 0 Å². The van der Waals surface area contributed by atoms with Gasteiger partial charge >= 0.3 is 0 Å². The summed E-state index contributed by atoms with van der Waals surface area (Å²) in [5.74, 6) is 0.229. The lowest BCUT2D eigenvalue weighted by Crippen LogP contribution is -2.07. The second kappa shape index (κ2) is 4.07. The predicted octanol–water partition coefficient (Wildman–Crippen LogP) is 2.14. The summed E-state index contributed by atoms with van der Waals surface area (Å²) in [5.41, 5.74) is 0. The Bertz CT molecular complexity index is 80.6. The van der Waals surface area contributed by atoms with Crippen LogP contribution < -0.4 is 0 Å². The average molecular weight is 179 g/mol. The smallest absolute Gasteiger partial charge is 0.143 e. The first kappa shape index (κ1) is 8.15. The number of Topliss-reactive ketones (excluding diaryl/α,β-unsaturated/α-hetero) is 1. The highest BCUT2D eigenvalue weighted by atomic mass is 79.9. The molecule has 0 aliphatic carbocycles. The van der Waals surface area contributed by atoms with Crippen molar-refractivity contribution in [3.8, 4) is 0 Å². The van der Waals surface area contributed by atoms with Crippen molar-refractivity contribution < 1.29 is 4.79 Å². The molecule has 1 atom stereocenters. The van der Waals surface area contributed by atoms with Crippen molar-refractivity contribution in [1.29, 1.82) is 0 Å². The van der Waals surface area contributed by atoms with E-state index in [9.17, 15) is 4.79 Å². The Balaban J connectivity index is 3.32. The third-order valence-electron chi connectivity index (χ3n) is 0.983. The maximum Gasteiger partial charge on any atom is 0.143 e. The van der Waals surface area contributed by atoms with Gasteiger partial charge < -0.3 is 0 Å². The van der Waals surface area contributed by atoms with E-state index in [1.54, 1.807) is 6.92 Å². The largest absolute Gasteiger partial charge is 0.299 e. The minimum Gasteiger partial charge on any atom is -0.299 e. The first-order valence-corrected chi connectivity index (χ1v) is 3.74. The summed E-state index contributed by atoms with van der Waals surface area (Å²) < 4.78 is 0. The van der Waals surface area contributed by atoms with Crippen LogP contribution in [0.15, 0.2) is 0 Å². The van der Waals surface area contributed by atoms with Crippen LogP contribution in [0.25, 0.3) is 0 Å². The number of alkyl halides is 1. The Morgan fingerprint density at radius 3 is 2.38 bits per heavy atom. The summed E-state index contributed by atoms with van der Waals surface area (Å²) in [5, 5.41) is 0. The molecule has 0 rings (SSSR count). The number of ketones is 1. The van der Waals surface area contributed by atoms with Gasteiger partial charge in [0.25, 0.3) is 0 Å². The van der Waals surface area contributed by atoms with Gasteiger partial charge in [0.05, 0.1) is 4.83 Å². The summed E-state index contributed by atoms with van der Waals surface area (Å²) in [6.07, 6.45) is 2.02. The molecule has 0 aromatic carbocycles. The molecule has 0 saturated carbocycles. The number of hydrogen-bond acceptors (Lipinski definition) is 1. The zero-order valence-electron chi connectivity index (χ0n) is 5.28. The number of hydrogen-bond donors (Lipinski definition) is 0. The zero-order valence-corrected chi connectivity index (χ0v) is 6.86. The Labute approximate surface area is 58.6 Å². The molecule has 48 valence electrons. The van der Waals surface area contributed by atoms with E-state index in [4.69, 9.17) is 0 Å². The Kier molecular flexibility index (Phi) is 4.15. The molecule has 0 fully saturated rings. The predicted molar refractivity (Wildman–Crippen MR) is 38.3 cm³/mol. The van der Waals surface area contributed by atoms with E-state index in [1.165, 1.54) is 0 Å². The van der Waals surface area contributed by atoms with E-state index in [-0.39, 0.29) is 10.6 Å². The Hall–Kier alpha value is 0.150. The van der Waals surface area contributed by atoms with Crippen LogP contribution in [-0.2, 0) is 4.79 Å². The van der Waals surface area contributed by atoms with Crippen LogP contribution in [0.2, 0.25) is 0 Å². The van der Waals surface area contributed by atoms with Gasteiger partial charge in [0, 0.05) is 0 Å². The average Bonchev–Trinajstić information content (AvgIpc) is 1.67. The van der Waals surface area contributed by atoms with E-state index in [2.05, 4.69) is 22.9 Å². The summed E-state index contributed by atoms with van der Waals surface area (Å²) in [4.78, 5) is 10.6. The quantitative estimate of drug-likeness (QED) is 0.606. The number of halogens is 1. The molecule has 1 nitrogen and oxygen atoms in total. The molecule has 0 spiro atoms. The maximum absolute atomic E-state index is 10.5. The lowest BCUT2D eigenvalue weighted by molar-refractivity contribution is -0.116. The summed E-state index contributed by atoms with van der Waals surface area (Å²) >= 11 is 3.25. The summed E-state index contributed by atoms with van der Waals surface area (Å²) in [6.45, 7) is 3.67. The molecule has 2 heteroatoms. The first-order valence-electron chi connectivity index (χ1n) is 2.83. The van der Waals surface area contributed by atoms with Gasteiger partial charge in [-0.05, 0) is 13.3 Å². The van der Waals surface area contributed by atoms with Gasteiger partial charge in [0.1, 0.15) is 5.78 Å². The molecule has 0 heterocycles. The molecular weight excluding hydrogens is 168 g/mol. The van der Waals surface area contributed by atoms with Crippen molar-refractivity contribution in [2.75, 3.05) is 0 Å². The van der Waals surface area contributed by atoms with Crippen LogP contribution in [0, 0.1) is 0 Å². The van der Waals surface area contributed by atoms with Gasteiger partial charge in [-0.25, -0.2) is 0 Å². The normalized spacial score (nSPS) is 13.4.